The number of hydrogen-bond acceptors (Lipinski definition) is 6. The number of hydrogen-bond donors (Lipinski definition) is 1. The summed E-state index contributed by atoms with van der Waals surface area (Å²) in [5.74, 6) is -0.853. The van der Waals surface area contributed by atoms with Crippen LogP contribution in [0.15, 0.2) is 108 Å². The fraction of sp³-hybridized carbons (Fsp3) is 0.172. The second-order valence-electron chi connectivity index (χ2n) is 8.42. The average Bonchev–Trinajstić information content (AvgIpc) is 3.20. The van der Waals surface area contributed by atoms with Gasteiger partial charge in [0.2, 0.25) is 5.88 Å². The molecule has 2 heterocycles. The molecular weight excluding hydrogens is 456 g/mol. The van der Waals surface area contributed by atoms with Gasteiger partial charge in [-0.05, 0) is 42.3 Å². The monoisotopic (exact) mass is 482 g/mol. The van der Waals surface area contributed by atoms with Gasteiger partial charge in [-0.3, -0.25) is 9.69 Å². The van der Waals surface area contributed by atoms with E-state index in [4.69, 9.17) is 19.9 Å². The molecule has 182 valence electrons. The van der Waals surface area contributed by atoms with E-state index in [9.17, 15) is 9.59 Å². The SMILES string of the molecule is CCOC(=O)C1=C(N)OC2=C(C1c1ccccc1)C(c1ccc(OC)cc1)N(c1ccccc1)C2=O. The number of esters is 1. The van der Waals surface area contributed by atoms with Crippen molar-refractivity contribution in [3.63, 3.8) is 0 Å². The third-order valence-corrected chi connectivity index (χ3v) is 6.40. The smallest absolute Gasteiger partial charge is 0.340 e. The van der Waals surface area contributed by atoms with E-state index in [1.165, 1.54) is 0 Å². The largest absolute Gasteiger partial charge is 0.497 e. The molecule has 0 fully saturated rings. The number of carbonyl (C=O) groups excluding carboxylic acids is 2. The Balaban J connectivity index is 1.74. The fourth-order valence-corrected chi connectivity index (χ4v) is 4.86. The van der Waals surface area contributed by atoms with Gasteiger partial charge < -0.3 is 19.9 Å². The summed E-state index contributed by atoms with van der Waals surface area (Å²) in [7, 11) is 1.60. The van der Waals surface area contributed by atoms with E-state index < -0.39 is 17.9 Å². The van der Waals surface area contributed by atoms with Crippen molar-refractivity contribution >= 4 is 17.6 Å². The highest BCUT2D eigenvalue weighted by Crippen LogP contribution is 2.52. The minimum absolute atomic E-state index is 0.124. The van der Waals surface area contributed by atoms with E-state index in [1.54, 1.807) is 18.9 Å². The van der Waals surface area contributed by atoms with Gasteiger partial charge in [-0.25, -0.2) is 4.79 Å². The molecule has 0 aromatic heterocycles. The van der Waals surface area contributed by atoms with Crippen molar-refractivity contribution < 1.29 is 23.8 Å². The van der Waals surface area contributed by atoms with Crippen molar-refractivity contribution in [1.82, 2.24) is 0 Å². The van der Waals surface area contributed by atoms with E-state index >= 15 is 0 Å². The first kappa shape index (κ1) is 23.2. The maximum Gasteiger partial charge on any atom is 0.340 e. The molecule has 0 bridgehead atoms. The highest BCUT2D eigenvalue weighted by Gasteiger charge is 2.51. The molecule has 0 aliphatic carbocycles. The molecule has 0 spiro atoms. The number of ether oxygens (including phenoxy) is 3. The quantitative estimate of drug-likeness (QED) is 0.517. The maximum atomic E-state index is 13.9. The fourth-order valence-electron chi connectivity index (χ4n) is 4.86. The van der Waals surface area contributed by atoms with Crippen LogP contribution in [0.2, 0.25) is 0 Å². The molecular formula is C29H26N2O5. The minimum atomic E-state index is -0.640. The number of nitrogens with zero attached hydrogens (tertiary/aromatic N) is 1. The van der Waals surface area contributed by atoms with Gasteiger partial charge in [-0.15, -0.1) is 0 Å². The van der Waals surface area contributed by atoms with Crippen molar-refractivity contribution in [2.24, 2.45) is 5.73 Å². The summed E-state index contributed by atoms with van der Waals surface area (Å²) >= 11 is 0. The molecule has 5 rings (SSSR count). The summed E-state index contributed by atoms with van der Waals surface area (Å²) in [6, 6.07) is 25.8. The van der Waals surface area contributed by atoms with Crippen LogP contribution >= 0.6 is 0 Å². The summed E-state index contributed by atoms with van der Waals surface area (Å²) in [5.41, 5.74) is 9.46. The molecule has 7 nitrogen and oxygen atoms in total. The number of nitrogens with two attached hydrogens (primary N) is 1. The van der Waals surface area contributed by atoms with Crippen molar-refractivity contribution in [1.29, 1.82) is 0 Å². The van der Waals surface area contributed by atoms with Crippen LogP contribution in [0.5, 0.6) is 5.75 Å². The number of rotatable bonds is 6. The summed E-state index contributed by atoms with van der Waals surface area (Å²) in [4.78, 5) is 28.7. The summed E-state index contributed by atoms with van der Waals surface area (Å²) < 4.78 is 16.6. The molecule has 7 heteroatoms. The second-order valence-corrected chi connectivity index (χ2v) is 8.42. The predicted octanol–water partition coefficient (Wildman–Crippen LogP) is 4.58. The summed E-state index contributed by atoms with van der Waals surface area (Å²) in [6.07, 6.45) is 0. The third kappa shape index (κ3) is 3.88. The molecule has 2 unspecified atom stereocenters. The zero-order valence-electron chi connectivity index (χ0n) is 20.0. The number of anilines is 1. The molecule has 2 N–H and O–H groups in total. The van der Waals surface area contributed by atoms with E-state index in [2.05, 4.69) is 0 Å². The molecule has 36 heavy (non-hydrogen) atoms. The highest BCUT2D eigenvalue weighted by atomic mass is 16.5. The van der Waals surface area contributed by atoms with Crippen molar-refractivity contribution in [3.05, 3.63) is 119 Å². The topological polar surface area (TPSA) is 91.1 Å². The van der Waals surface area contributed by atoms with Crippen LogP contribution < -0.4 is 15.4 Å². The Morgan fingerprint density at radius 3 is 2.19 bits per heavy atom. The zero-order valence-corrected chi connectivity index (χ0v) is 20.0. The summed E-state index contributed by atoms with van der Waals surface area (Å²) in [5, 5.41) is 0. The first-order chi connectivity index (χ1) is 17.5. The second kappa shape index (κ2) is 9.62. The van der Waals surface area contributed by atoms with E-state index in [0.717, 1.165) is 11.1 Å². The van der Waals surface area contributed by atoms with Crippen molar-refractivity contribution in [3.8, 4) is 5.75 Å². The zero-order chi connectivity index (χ0) is 25.2. The Bertz CT molecular complexity index is 1350. The molecule has 0 saturated carbocycles. The van der Waals surface area contributed by atoms with Gasteiger partial charge in [-0.2, -0.15) is 0 Å². The lowest BCUT2D eigenvalue weighted by Gasteiger charge is -2.32. The third-order valence-electron chi connectivity index (χ3n) is 6.40. The Morgan fingerprint density at radius 1 is 0.944 bits per heavy atom. The van der Waals surface area contributed by atoms with Crippen LogP contribution in [-0.4, -0.2) is 25.6 Å². The molecule has 3 aromatic rings. The average molecular weight is 483 g/mol. The number of amides is 1. The normalized spacial score (nSPS) is 19.2. The van der Waals surface area contributed by atoms with Crippen molar-refractivity contribution in [2.45, 2.75) is 18.9 Å². The number of methoxy groups -OCH3 is 1. The Kier molecular flexibility index (Phi) is 6.21. The van der Waals surface area contributed by atoms with E-state index in [-0.39, 0.29) is 29.7 Å². The van der Waals surface area contributed by atoms with Gasteiger partial charge in [0.1, 0.15) is 11.3 Å². The molecule has 2 atom stereocenters. The van der Waals surface area contributed by atoms with Crippen LogP contribution in [0, 0.1) is 0 Å². The lowest BCUT2D eigenvalue weighted by atomic mass is 9.78. The standard InChI is InChI=1S/C29H26N2O5/c1-3-35-29(33)24-22(18-10-6-4-7-11-18)23-25(19-14-16-21(34-2)17-15-19)31(20-12-8-5-9-13-20)28(32)26(23)36-27(24)30/h4-17,22,25H,3,30H2,1-2H3. The van der Waals surface area contributed by atoms with Gasteiger partial charge in [0.05, 0.1) is 19.8 Å². The van der Waals surface area contributed by atoms with E-state index in [0.29, 0.717) is 17.0 Å². The molecule has 0 saturated heterocycles. The lowest BCUT2D eigenvalue weighted by molar-refractivity contribution is -0.139. The Morgan fingerprint density at radius 2 is 1.58 bits per heavy atom. The van der Waals surface area contributed by atoms with Gasteiger partial charge in [0.25, 0.3) is 5.91 Å². The number of benzene rings is 3. The Hall–Kier alpha value is -4.52. The maximum absolute atomic E-state index is 13.9. The highest BCUT2D eigenvalue weighted by molar-refractivity contribution is 6.10. The van der Waals surface area contributed by atoms with Crippen LogP contribution in [0.4, 0.5) is 5.69 Å². The number of para-hydroxylation sites is 1. The van der Waals surface area contributed by atoms with Gasteiger partial charge in [0.15, 0.2) is 5.76 Å². The predicted molar refractivity (Wildman–Crippen MR) is 135 cm³/mol. The summed E-state index contributed by atoms with van der Waals surface area (Å²) in [6.45, 7) is 1.91. The van der Waals surface area contributed by atoms with Crippen LogP contribution in [0.25, 0.3) is 0 Å². The molecule has 2 aliphatic rings. The van der Waals surface area contributed by atoms with Crippen molar-refractivity contribution in [2.75, 3.05) is 18.6 Å². The first-order valence-electron chi connectivity index (χ1n) is 11.7. The van der Waals surface area contributed by atoms with Gasteiger partial charge in [0, 0.05) is 17.2 Å². The van der Waals surface area contributed by atoms with E-state index in [1.807, 2.05) is 84.9 Å². The Labute approximate surface area is 209 Å². The van der Waals surface area contributed by atoms with Gasteiger partial charge >= 0.3 is 5.97 Å². The van der Waals surface area contributed by atoms with Crippen LogP contribution in [0.1, 0.15) is 30.0 Å². The lowest BCUT2D eigenvalue weighted by Crippen LogP contribution is -2.31. The molecule has 0 radical (unpaired) electrons. The minimum Gasteiger partial charge on any atom is -0.497 e. The number of carbonyl (C=O) groups is 2. The van der Waals surface area contributed by atoms with Crippen LogP contribution in [-0.2, 0) is 19.1 Å². The molecule has 1 amide bonds. The van der Waals surface area contributed by atoms with Crippen LogP contribution in [0.3, 0.4) is 0 Å². The molecule has 2 aliphatic heterocycles. The molecule has 3 aromatic carbocycles. The van der Waals surface area contributed by atoms with Gasteiger partial charge in [-0.1, -0.05) is 60.7 Å². The first-order valence-corrected chi connectivity index (χ1v) is 11.7.